The number of aryl methyl sites for hydroxylation is 1. The van der Waals surface area contributed by atoms with E-state index in [-0.39, 0.29) is 5.91 Å². The number of rotatable bonds is 2. The van der Waals surface area contributed by atoms with Crippen molar-refractivity contribution in [2.24, 2.45) is 0 Å². The van der Waals surface area contributed by atoms with Crippen molar-refractivity contribution in [1.29, 1.82) is 0 Å². The minimum absolute atomic E-state index is 0.234. The third-order valence-electron chi connectivity index (χ3n) is 2.45. The second-order valence-corrected chi connectivity index (χ2v) is 4.26. The highest BCUT2D eigenvalue weighted by Gasteiger charge is 2.10. The van der Waals surface area contributed by atoms with Crippen LogP contribution in [-0.2, 0) is 0 Å². The first-order valence-corrected chi connectivity index (χ1v) is 5.74. The molecule has 0 spiro atoms. The number of carbonyl (C=O) groups excluding carboxylic acids is 1. The molecule has 0 saturated carbocycles. The maximum absolute atomic E-state index is 12.0. The van der Waals surface area contributed by atoms with Crippen molar-refractivity contribution in [3.05, 3.63) is 52.7 Å². The standard InChI is InChI=1S/C13H12ClN3O/c1-8-7-9(15)5-6-10(8)13(18)17-12-4-2-3-11(14)16-12/h2-7H,15H2,1H3,(H,16,17,18). The number of nitrogens with two attached hydrogens (primary N) is 1. The van der Waals surface area contributed by atoms with Gasteiger partial charge in [0.15, 0.2) is 0 Å². The van der Waals surface area contributed by atoms with Crippen LogP contribution >= 0.6 is 11.6 Å². The van der Waals surface area contributed by atoms with Crippen molar-refractivity contribution < 1.29 is 4.79 Å². The second-order valence-electron chi connectivity index (χ2n) is 3.87. The number of halogens is 1. The molecule has 1 amide bonds. The molecule has 92 valence electrons. The Hall–Kier alpha value is -2.07. The zero-order valence-corrected chi connectivity index (χ0v) is 10.5. The van der Waals surface area contributed by atoms with E-state index in [4.69, 9.17) is 17.3 Å². The third kappa shape index (κ3) is 2.78. The Bertz CT molecular complexity index is 599. The molecule has 2 aromatic rings. The van der Waals surface area contributed by atoms with E-state index >= 15 is 0 Å². The SMILES string of the molecule is Cc1cc(N)ccc1C(=O)Nc1cccc(Cl)n1. The molecule has 0 unspecified atom stereocenters. The minimum atomic E-state index is -0.234. The lowest BCUT2D eigenvalue weighted by atomic mass is 10.1. The van der Waals surface area contributed by atoms with Gasteiger partial charge in [0.2, 0.25) is 0 Å². The highest BCUT2D eigenvalue weighted by molar-refractivity contribution is 6.29. The first-order chi connectivity index (χ1) is 8.56. The van der Waals surface area contributed by atoms with E-state index < -0.39 is 0 Å². The molecule has 4 nitrogen and oxygen atoms in total. The summed E-state index contributed by atoms with van der Waals surface area (Å²) in [6, 6.07) is 10.2. The van der Waals surface area contributed by atoms with Crippen molar-refractivity contribution in [3.63, 3.8) is 0 Å². The van der Waals surface area contributed by atoms with E-state index in [2.05, 4.69) is 10.3 Å². The number of nitrogens with one attached hydrogen (secondary N) is 1. The number of hydrogen-bond donors (Lipinski definition) is 2. The van der Waals surface area contributed by atoms with Gasteiger partial charge in [-0.2, -0.15) is 0 Å². The fourth-order valence-electron chi connectivity index (χ4n) is 1.60. The molecule has 0 atom stereocenters. The normalized spacial score (nSPS) is 10.1. The molecule has 1 aromatic heterocycles. The van der Waals surface area contributed by atoms with E-state index in [1.165, 1.54) is 0 Å². The minimum Gasteiger partial charge on any atom is -0.399 e. The van der Waals surface area contributed by atoms with Gasteiger partial charge in [0.1, 0.15) is 11.0 Å². The molecule has 18 heavy (non-hydrogen) atoms. The van der Waals surface area contributed by atoms with Crippen molar-refractivity contribution >= 4 is 29.0 Å². The van der Waals surface area contributed by atoms with Gasteiger partial charge < -0.3 is 11.1 Å². The molecule has 1 aromatic carbocycles. The fourth-order valence-corrected chi connectivity index (χ4v) is 1.77. The lowest BCUT2D eigenvalue weighted by Crippen LogP contribution is -2.14. The monoisotopic (exact) mass is 261 g/mol. The lowest BCUT2D eigenvalue weighted by molar-refractivity contribution is 0.102. The summed E-state index contributed by atoms with van der Waals surface area (Å²) in [5.74, 6) is 0.186. The molecule has 1 heterocycles. The fraction of sp³-hybridized carbons (Fsp3) is 0.0769. The lowest BCUT2D eigenvalue weighted by Gasteiger charge is -2.07. The van der Waals surface area contributed by atoms with E-state index in [0.29, 0.717) is 22.2 Å². The number of pyridine rings is 1. The molecule has 5 heteroatoms. The number of anilines is 2. The Morgan fingerprint density at radius 2 is 2.11 bits per heavy atom. The number of aromatic nitrogens is 1. The summed E-state index contributed by atoms with van der Waals surface area (Å²) in [5.41, 5.74) is 7.64. The van der Waals surface area contributed by atoms with Crippen LogP contribution in [0.1, 0.15) is 15.9 Å². The van der Waals surface area contributed by atoms with Gasteiger partial charge in [-0.15, -0.1) is 0 Å². The Kier molecular flexibility index (Phi) is 3.48. The third-order valence-corrected chi connectivity index (χ3v) is 2.66. The maximum atomic E-state index is 12.0. The average Bonchev–Trinajstić information content (AvgIpc) is 2.28. The predicted octanol–water partition coefficient (Wildman–Crippen LogP) is 2.88. The van der Waals surface area contributed by atoms with Crippen LogP contribution in [0.4, 0.5) is 11.5 Å². The summed E-state index contributed by atoms with van der Waals surface area (Å²) in [6.07, 6.45) is 0. The molecule has 0 fully saturated rings. The first-order valence-electron chi connectivity index (χ1n) is 5.36. The van der Waals surface area contributed by atoms with Crippen LogP contribution in [0.25, 0.3) is 0 Å². The summed E-state index contributed by atoms with van der Waals surface area (Å²) >= 11 is 5.75. The van der Waals surface area contributed by atoms with Gasteiger partial charge in [-0.25, -0.2) is 4.98 Å². The summed E-state index contributed by atoms with van der Waals surface area (Å²) in [6.45, 7) is 1.83. The van der Waals surface area contributed by atoms with Crippen LogP contribution < -0.4 is 11.1 Å². The van der Waals surface area contributed by atoms with Gasteiger partial charge in [-0.05, 0) is 42.8 Å². The average molecular weight is 262 g/mol. The summed E-state index contributed by atoms with van der Waals surface area (Å²) in [5, 5.41) is 3.02. The number of nitrogens with zero attached hydrogens (tertiary/aromatic N) is 1. The Morgan fingerprint density at radius 3 is 2.78 bits per heavy atom. The smallest absolute Gasteiger partial charge is 0.257 e. The summed E-state index contributed by atoms with van der Waals surface area (Å²) < 4.78 is 0. The highest BCUT2D eigenvalue weighted by atomic mass is 35.5. The molecule has 2 rings (SSSR count). The second kappa shape index (κ2) is 5.06. The van der Waals surface area contributed by atoms with Crippen LogP contribution in [-0.4, -0.2) is 10.9 Å². The van der Waals surface area contributed by atoms with Gasteiger partial charge in [0.05, 0.1) is 0 Å². The van der Waals surface area contributed by atoms with Gasteiger partial charge >= 0.3 is 0 Å². The number of carbonyl (C=O) groups is 1. The van der Waals surface area contributed by atoms with Crippen molar-refractivity contribution in [2.75, 3.05) is 11.1 Å². The van der Waals surface area contributed by atoms with Gasteiger partial charge in [-0.3, -0.25) is 4.79 Å². The zero-order valence-electron chi connectivity index (χ0n) is 9.77. The summed E-state index contributed by atoms with van der Waals surface area (Å²) in [4.78, 5) is 16.0. The van der Waals surface area contributed by atoms with Crippen LogP contribution in [0.2, 0.25) is 5.15 Å². The highest BCUT2D eigenvalue weighted by Crippen LogP contribution is 2.15. The van der Waals surface area contributed by atoms with Crippen LogP contribution in [0.3, 0.4) is 0 Å². The number of hydrogen-bond acceptors (Lipinski definition) is 3. The topological polar surface area (TPSA) is 68.0 Å². The number of benzene rings is 1. The molecule has 0 aliphatic rings. The van der Waals surface area contributed by atoms with Crippen molar-refractivity contribution in [3.8, 4) is 0 Å². The predicted molar refractivity (Wildman–Crippen MR) is 72.8 cm³/mol. The maximum Gasteiger partial charge on any atom is 0.257 e. The van der Waals surface area contributed by atoms with E-state index in [1.54, 1.807) is 36.4 Å². The molecule has 0 bridgehead atoms. The molecular weight excluding hydrogens is 250 g/mol. The first kappa shape index (κ1) is 12.4. The number of amides is 1. The Labute approximate surface area is 110 Å². The molecular formula is C13H12ClN3O. The van der Waals surface area contributed by atoms with Gasteiger partial charge in [0.25, 0.3) is 5.91 Å². The molecule has 3 N–H and O–H groups in total. The van der Waals surface area contributed by atoms with E-state index in [1.807, 2.05) is 6.92 Å². The van der Waals surface area contributed by atoms with Crippen LogP contribution in [0.5, 0.6) is 0 Å². The van der Waals surface area contributed by atoms with Gasteiger partial charge in [0, 0.05) is 11.3 Å². The molecule has 0 aliphatic heterocycles. The largest absolute Gasteiger partial charge is 0.399 e. The Morgan fingerprint density at radius 1 is 1.33 bits per heavy atom. The number of nitrogen functional groups attached to an aromatic ring is 1. The quantitative estimate of drug-likeness (QED) is 0.645. The van der Waals surface area contributed by atoms with Crippen LogP contribution in [0.15, 0.2) is 36.4 Å². The Balaban J connectivity index is 2.22. The molecule has 0 saturated heterocycles. The summed E-state index contributed by atoms with van der Waals surface area (Å²) in [7, 11) is 0. The van der Waals surface area contributed by atoms with Gasteiger partial charge in [-0.1, -0.05) is 17.7 Å². The molecule has 0 aliphatic carbocycles. The zero-order chi connectivity index (χ0) is 13.1. The molecule has 0 radical (unpaired) electrons. The van der Waals surface area contributed by atoms with E-state index in [0.717, 1.165) is 5.56 Å². The van der Waals surface area contributed by atoms with Crippen molar-refractivity contribution in [1.82, 2.24) is 4.98 Å². The van der Waals surface area contributed by atoms with Crippen molar-refractivity contribution in [2.45, 2.75) is 6.92 Å². The van der Waals surface area contributed by atoms with Crippen LogP contribution in [0, 0.1) is 6.92 Å². The van der Waals surface area contributed by atoms with E-state index in [9.17, 15) is 4.79 Å².